The number of amides is 2. The fraction of sp³-hybridized carbons (Fsp3) is 0.391. The molecule has 0 unspecified atom stereocenters. The molecule has 0 radical (unpaired) electrons. The summed E-state index contributed by atoms with van der Waals surface area (Å²) in [6, 6.07) is 17.7. The van der Waals surface area contributed by atoms with Gasteiger partial charge in [0.15, 0.2) is 0 Å². The van der Waals surface area contributed by atoms with Crippen molar-refractivity contribution in [1.82, 2.24) is 15.1 Å². The molecular weight excluding hydrogens is 366 g/mol. The molecule has 6 nitrogen and oxygen atoms in total. The average molecular weight is 396 g/mol. The number of carbonyl (C=O) groups excluding carboxylic acids is 2. The third-order valence-corrected chi connectivity index (χ3v) is 5.23. The summed E-state index contributed by atoms with van der Waals surface area (Å²) in [5, 5.41) is 2.96. The van der Waals surface area contributed by atoms with Gasteiger partial charge >= 0.3 is 0 Å². The van der Waals surface area contributed by atoms with Crippen LogP contribution in [0.3, 0.4) is 0 Å². The Hall–Kier alpha value is -2.86. The van der Waals surface area contributed by atoms with E-state index in [1.807, 2.05) is 59.5 Å². The van der Waals surface area contributed by atoms with Crippen LogP contribution in [0.2, 0.25) is 0 Å². The number of nitrogens with zero attached hydrogens (tertiary/aromatic N) is 2. The number of nitrogens with one attached hydrogen (secondary N) is 1. The van der Waals surface area contributed by atoms with E-state index in [-0.39, 0.29) is 11.8 Å². The lowest BCUT2D eigenvalue weighted by atomic mass is 10.1. The van der Waals surface area contributed by atoms with Gasteiger partial charge in [-0.15, -0.1) is 0 Å². The van der Waals surface area contributed by atoms with E-state index in [9.17, 15) is 9.59 Å². The third kappa shape index (κ3) is 6.32. The summed E-state index contributed by atoms with van der Waals surface area (Å²) >= 11 is 0. The Morgan fingerprint density at radius 2 is 1.66 bits per heavy atom. The Kier molecular flexibility index (Phi) is 7.64. The fourth-order valence-corrected chi connectivity index (χ4v) is 3.52. The van der Waals surface area contributed by atoms with Crippen LogP contribution in [0.4, 0.5) is 0 Å². The highest BCUT2D eigenvalue weighted by molar-refractivity contribution is 5.78. The zero-order chi connectivity index (χ0) is 20.5. The molecule has 1 aliphatic rings. The SMILES string of the molecule is COc1ccccc1CCC(=O)N1CCN(CC(=O)NCc2ccccc2)CC1. The molecule has 154 valence electrons. The minimum Gasteiger partial charge on any atom is -0.496 e. The topological polar surface area (TPSA) is 61.9 Å². The molecule has 0 aromatic heterocycles. The summed E-state index contributed by atoms with van der Waals surface area (Å²) in [4.78, 5) is 28.7. The Bertz CT molecular complexity index is 802. The number of rotatable bonds is 8. The highest BCUT2D eigenvalue weighted by Gasteiger charge is 2.22. The van der Waals surface area contributed by atoms with E-state index in [1.54, 1.807) is 7.11 Å². The van der Waals surface area contributed by atoms with Crippen molar-refractivity contribution in [2.45, 2.75) is 19.4 Å². The molecule has 0 spiro atoms. The van der Waals surface area contributed by atoms with Crippen LogP contribution in [0.15, 0.2) is 54.6 Å². The molecule has 6 heteroatoms. The van der Waals surface area contributed by atoms with E-state index in [0.717, 1.165) is 30.0 Å². The van der Waals surface area contributed by atoms with Crippen LogP contribution in [0.5, 0.6) is 5.75 Å². The van der Waals surface area contributed by atoms with E-state index >= 15 is 0 Å². The van der Waals surface area contributed by atoms with Gasteiger partial charge in [0.05, 0.1) is 13.7 Å². The van der Waals surface area contributed by atoms with Crippen molar-refractivity contribution in [3.05, 3.63) is 65.7 Å². The van der Waals surface area contributed by atoms with E-state index in [2.05, 4.69) is 10.2 Å². The smallest absolute Gasteiger partial charge is 0.234 e. The quantitative estimate of drug-likeness (QED) is 0.744. The second-order valence-corrected chi connectivity index (χ2v) is 7.23. The first kappa shape index (κ1) is 20.9. The number of aryl methyl sites for hydroxylation is 1. The number of hydrogen-bond donors (Lipinski definition) is 1. The molecule has 3 rings (SSSR count). The molecule has 29 heavy (non-hydrogen) atoms. The summed E-state index contributed by atoms with van der Waals surface area (Å²) in [7, 11) is 1.65. The van der Waals surface area contributed by atoms with Gasteiger partial charge in [-0.3, -0.25) is 14.5 Å². The van der Waals surface area contributed by atoms with Crippen molar-refractivity contribution in [2.24, 2.45) is 0 Å². The number of benzene rings is 2. The number of piperazine rings is 1. The Morgan fingerprint density at radius 1 is 0.966 bits per heavy atom. The second kappa shape index (κ2) is 10.6. The first-order valence-corrected chi connectivity index (χ1v) is 10.1. The first-order chi connectivity index (χ1) is 14.2. The molecule has 1 fully saturated rings. The zero-order valence-corrected chi connectivity index (χ0v) is 17.0. The van der Waals surface area contributed by atoms with Gasteiger partial charge in [-0.1, -0.05) is 48.5 Å². The van der Waals surface area contributed by atoms with Crippen LogP contribution in [0.1, 0.15) is 17.5 Å². The number of para-hydroxylation sites is 1. The fourth-order valence-electron chi connectivity index (χ4n) is 3.52. The van der Waals surface area contributed by atoms with Gasteiger partial charge < -0.3 is 15.0 Å². The number of carbonyl (C=O) groups is 2. The van der Waals surface area contributed by atoms with Gasteiger partial charge in [0.25, 0.3) is 0 Å². The Morgan fingerprint density at radius 3 is 2.38 bits per heavy atom. The number of hydrogen-bond acceptors (Lipinski definition) is 4. The Balaban J connectivity index is 1.37. The predicted octanol–water partition coefficient (Wildman–Crippen LogP) is 2.09. The van der Waals surface area contributed by atoms with E-state index in [0.29, 0.717) is 39.0 Å². The summed E-state index contributed by atoms with van der Waals surface area (Å²) in [5.41, 5.74) is 2.14. The maximum atomic E-state index is 12.5. The summed E-state index contributed by atoms with van der Waals surface area (Å²) < 4.78 is 5.35. The third-order valence-electron chi connectivity index (χ3n) is 5.23. The molecule has 0 atom stereocenters. The predicted molar refractivity (Wildman–Crippen MR) is 113 cm³/mol. The van der Waals surface area contributed by atoms with Crippen molar-refractivity contribution in [3.63, 3.8) is 0 Å². The van der Waals surface area contributed by atoms with Crippen molar-refractivity contribution >= 4 is 11.8 Å². The lowest BCUT2D eigenvalue weighted by molar-refractivity contribution is -0.133. The van der Waals surface area contributed by atoms with Crippen molar-refractivity contribution < 1.29 is 14.3 Å². The second-order valence-electron chi connectivity index (χ2n) is 7.23. The number of methoxy groups -OCH3 is 1. The molecule has 0 bridgehead atoms. The van der Waals surface area contributed by atoms with Gasteiger partial charge in [-0.25, -0.2) is 0 Å². The van der Waals surface area contributed by atoms with Crippen molar-refractivity contribution in [3.8, 4) is 5.75 Å². The summed E-state index contributed by atoms with van der Waals surface area (Å²) in [6.45, 7) is 3.68. The molecule has 1 saturated heterocycles. The molecule has 1 heterocycles. The van der Waals surface area contributed by atoms with E-state index in [4.69, 9.17) is 4.74 Å². The summed E-state index contributed by atoms with van der Waals surface area (Å²) in [6.07, 6.45) is 1.14. The first-order valence-electron chi connectivity index (χ1n) is 10.1. The standard InChI is InChI=1S/C23H29N3O3/c1-29-21-10-6-5-9-20(21)11-12-23(28)26-15-13-25(14-16-26)18-22(27)24-17-19-7-3-2-4-8-19/h2-10H,11-18H2,1H3,(H,24,27). The van der Waals surface area contributed by atoms with Gasteiger partial charge in [-0.2, -0.15) is 0 Å². The van der Waals surface area contributed by atoms with Crippen molar-refractivity contribution in [2.75, 3.05) is 39.8 Å². The number of ether oxygens (including phenoxy) is 1. The van der Waals surface area contributed by atoms with Crippen LogP contribution in [-0.2, 0) is 22.6 Å². The Labute approximate surface area is 172 Å². The van der Waals surface area contributed by atoms with Crippen LogP contribution >= 0.6 is 0 Å². The minimum absolute atomic E-state index is 0.0183. The molecule has 0 saturated carbocycles. The van der Waals surface area contributed by atoms with Crippen molar-refractivity contribution in [1.29, 1.82) is 0 Å². The molecule has 1 N–H and O–H groups in total. The lowest BCUT2D eigenvalue weighted by Gasteiger charge is -2.34. The normalized spacial score (nSPS) is 14.4. The molecule has 2 aromatic carbocycles. The van der Waals surface area contributed by atoms with Crippen LogP contribution in [0.25, 0.3) is 0 Å². The highest BCUT2D eigenvalue weighted by Crippen LogP contribution is 2.19. The molecule has 0 aliphatic carbocycles. The maximum absolute atomic E-state index is 12.5. The molecule has 2 amide bonds. The van der Waals surface area contributed by atoms with Gasteiger partial charge in [0.1, 0.15) is 5.75 Å². The minimum atomic E-state index is 0.0183. The highest BCUT2D eigenvalue weighted by atomic mass is 16.5. The lowest BCUT2D eigenvalue weighted by Crippen LogP contribution is -2.51. The molecule has 1 aliphatic heterocycles. The van der Waals surface area contributed by atoms with Crippen LogP contribution in [-0.4, -0.2) is 61.4 Å². The summed E-state index contributed by atoms with van der Waals surface area (Å²) in [5.74, 6) is 1.00. The zero-order valence-electron chi connectivity index (χ0n) is 17.0. The van der Waals surface area contributed by atoms with Crippen LogP contribution < -0.4 is 10.1 Å². The van der Waals surface area contributed by atoms with Gasteiger partial charge in [0, 0.05) is 39.1 Å². The molecular formula is C23H29N3O3. The van der Waals surface area contributed by atoms with Gasteiger partial charge in [0.2, 0.25) is 11.8 Å². The maximum Gasteiger partial charge on any atom is 0.234 e. The van der Waals surface area contributed by atoms with E-state index in [1.165, 1.54) is 0 Å². The largest absolute Gasteiger partial charge is 0.496 e. The van der Waals surface area contributed by atoms with Crippen LogP contribution in [0, 0.1) is 0 Å². The molecule has 2 aromatic rings. The van der Waals surface area contributed by atoms with Gasteiger partial charge in [-0.05, 0) is 23.6 Å². The average Bonchev–Trinajstić information content (AvgIpc) is 2.77. The van der Waals surface area contributed by atoms with E-state index < -0.39 is 0 Å². The monoisotopic (exact) mass is 395 g/mol.